The highest BCUT2D eigenvalue weighted by Gasteiger charge is 2.44. The van der Waals surface area contributed by atoms with E-state index in [1.165, 1.54) is 6.08 Å². The van der Waals surface area contributed by atoms with E-state index in [1.54, 1.807) is 11.0 Å². The first-order valence-corrected chi connectivity index (χ1v) is 11.8. The van der Waals surface area contributed by atoms with Crippen molar-refractivity contribution in [1.82, 2.24) is 10.2 Å². The molecule has 2 aromatic carbocycles. The van der Waals surface area contributed by atoms with E-state index in [-0.39, 0.29) is 6.03 Å². The Morgan fingerprint density at radius 2 is 1.74 bits per heavy atom. The molecule has 2 unspecified atom stereocenters. The monoisotopic (exact) mass is 438 g/mol. The molecule has 6 nitrogen and oxygen atoms in total. The summed E-state index contributed by atoms with van der Waals surface area (Å²) >= 11 is 0. The molecule has 2 aromatic rings. The van der Waals surface area contributed by atoms with Gasteiger partial charge in [0.05, 0.1) is 0 Å². The molecular formula is C24H26N2O4S. The molecule has 1 heterocycles. The number of hydrogen-bond acceptors (Lipinski definition) is 3. The quantitative estimate of drug-likeness (QED) is 0.561. The van der Waals surface area contributed by atoms with Crippen LogP contribution in [0.25, 0.3) is 5.57 Å². The minimum atomic E-state index is -4.40. The van der Waals surface area contributed by atoms with Crippen molar-refractivity contribution >= 4 is 21.7 Å². The molecule has 4 rings (SSSR count). The molecule has 2 amide bonds. The summed E-state index contributed by atoms with van der Waals surface area (Å²) < 4.78 is 34.6. The fourth-order valence-corrected chi connectivity index (χ4v) is 5.37. The normalized spacial score (nSPS) is 24.0. The number of amides is 2. The van der Waals surface area contributed by atoms with Gasteiger partial charge in [0, 0.05) is 13.1 Å². The predicted octanol–water partition coefficient (Wildman–Crippen LogP) is 3.82. The smallest absolute Gasteiger partial charge is 0.318 e. The number of benzene rings is 2. The Bertz CT molecular complexity index is 1190. The van der Waals surface area contributed by atoms with Gasteiger partial charge < -0.3 is 10.2 Å². The molecule has 0 saturated carbocycles. The Balaban J connectivity index is 2.02. The van der Waals surface area contributed by atoms with Gasteiger partial charge in [-0.2, -0.15) is 8.42 Å². The summed E-state index contributed by atoms with van der Waals surface area (Å²) in [5.74, 6) is 0. The predicted molar refractivity (Wildman–Crippen MR) is 121 cm³/mol. The average molecular weight is 439 g/mol. The van der Waals surface area contributed by atoms with Crippen LogP contribution in [0.3, 0.4) is 0 Å². The molecule has 2 aliphatic rings. The van der Waals surface area contributed by atoms with E-state index < -0.39 is 20.9 Å². The van der Waals surface area contributed by atoms with E-state index in [2.05, 4.69) is 5.32 Å². The Kier molecular flexibility index (Phi) is 5.49. The third-order valence-electron chi connectivity index (χ3n) is 6.09. The molecule has 0 spiro atoms. The van der Waals surface area contributed by atoms with Crippen LogP contribution in [0.4, 0.5) is 4.79 Å². The Morgan fingerprint density at radius 3 is 2.39 bits per heavy atom. The summed E-state index contributed by atoms with van der Waals surface area (Å²) in [5, 5.41) is 1.70. The second-order valence-electron chi connectivity index (χ2n) is 8.09. The van der Waals surface area contributed by atoms with Crippen molar-refractivity contribution in [3.8, 4) is 0 Å². The van der Waals surface area contributed by atoms with Crippen LogP contribution in [0.15, 0.2) is 66.8 Å². The van der Waals surface area contributed by atoms with Gasteiger partial charge in [0.25, 0.3) is 10.1 Å². The lowest BCUT2D eigenvalue weighted by Gasteiger charge is -2.45. The molecule has 1 aliphatic carbocycles. The van der Waals surface area contributed by atoms with Gasteiger partial charge in [0.2, 0.25) is 0 Å². The van der Waals surface area contributed by atoms with E-state index in [9.17, 15) is 17.8 Å². The fraction of sp³-hybridized carbons (Fsp3) is 0.292. The summed E-state index contributed by atoms with van der Waals surface area (Å²) in [5.41, 5.74) is 2.97. The summed E-state index contributed by atoms with van der Waals surface area (Å²) in [6.07, 6.45) is 5.86. The van der Waals surface area contributed by atoms with Crippen molar-refractivity contribution in [3.63, 3.8) is 0 Å². The van der Waals surface area contributed by atoms with E-state index in [0.29, 0.717) is 18.7 Å². The van der Waals surface area contributed by atoms with Crippen LogP contribution in [-0.4, -0.2) is 42.2 Å². The van der Waals surface area contributed by atoms with Crippen molar-refractivity contribution in [2.75, 3.05) is 13.1 Å². The van der Waals surface area contributed by atoms with Gasteiger partial charge >= 0.3 is 6.03 Å². The topological polar surface area (TPSA) is 86.7 Å². The van der Waals surface area contributed by atoms with E-state index in [4.69, 9.17) is 0 Å². The van der Waals surface area contributed by atoms with Crippen LogP contribution in [0.2, 0.25) is 0 Å². The first-order valence-electron chi connectivity index (χ1n) is 10.3. The fourth-order valence-electron chi connectivity index (χ4n) is 4.58. The summed E-state index contributed by atoms with van der Waals surface area (Å²) in [4.78, 5) is 14.7. The standard InChI is InChI=1S/C24H26N2O4S/c1-17-8-3-5-10-19(17)20-16-24(13-12-22(20)31(28,29)30,21-11-6-4-9-18(21)2)26-15-7-14-25-23(26)27/h3-6,8-13,16,22H,7,14-15H2,1-2H3,(H,25,27)(H,28,29,30). The largest absolute Gasteiger partial charge is 0.338 e. The summed E-state index contributed by atoms with van der Waals surface area (Å²) in [6, 6.07) is 15.0. The molecule has 1 aliphatic heterocycles. The number of nitrogens with one attached hydrogen (secondary N) is 1. The first-order chi connectivity index (χ1) is 14.7. The number of nitrogens with zero attached hydrogens (tertiary/aromatic N) is 1. The Morgan fingerprint density at radius 1 is 1.06 bits per heavy atom. The van der Waals surface area contributed by atoms with Crippen molar-refractivity contribution in [2.45, 2.75) is 31.1 Å². The van der Waals surface area contributed by atoms with Crippen LogP contribution in [0.1, 0.15) is 28.7 Å². The molecule has 2 atom stereocenters. The Hall–Kier alpha value is -2.90. The van der Waals surface area contributed by atoms with Crippen LogP contribution in [0.5, 0.6) is 0 Å². The molecule has 2 N–H and O–H groups in total. The maximum Gasteiger partial charge on any atom is 0.318 e. The molecule has 162 valence electrons. The van der Waals surface area contributed by atoms with E-state index >= 15 is 0 Å². The minimum Gasteiger partial charge on any atom is -0.338 e. The lowest BCUT2D eigenvalue weighted by molar-refractivity contribution is 0.148. The summed E-state index contributed by atoms with van der Waals surface area (Å²) in [6.45, 7) is 5.00. The zero-order chi connectivity index (χ0) is 22.2. The third-order valence-corrected chi connectivity index (χ3v) is 7.14. The number of carbonyl (C=O) groups excluding carboxylic acids is 1. The van der Waals surface area contributed by atoms with Crippen molar-refractivity contribution in [3.05, 3.63) is 89.0 Å². The average Bonchev–Trinajstić information content (AvgIpc) is 2.73. The molecule has 31 heavy (non-hydrogen) atoms. The Labute approximate surface area is 183 Å². The van der Waals surface area contributed by atoms with Crippen molar-refractivity contribution < 1.29 is 17.8 Å². The lowest BCUT2D eigenvalue weighted by atomic mass is 9.77. The third kappa shape index (κ3) is 3.79. The maximum atomic E-state index is 13.0. The van der Waals surface area contributed by atoms with E-state index in [0.717, 1.165) is 28.7 Å². The number of aryl methyl sites for hydroxylation is 2. The molecule has 0 radical (unpaired) electrons. The molecule has 7 heteroatoms. The molecule has 0 bridgehead atoms. The number of urea groups is 1. The summed E-state index contributed by atoms with van der Waals surface area (Å²) in [7, 11) is -4.40. The van der Waals surface area contributed by atoms with Gasteiger partial charge in [-0.3, -0.25) is 4.55 Å². The molecular weight excluding hydrogens is 412 g/mol. The lowest BCUT2D eigenvalue weighted by Crippen LogP contribution is -2.56. The number of hydrogen-bond donors (Lipinski definition) is 2. The zero-order valence-corrected chi connectivity index (χ0v) is 18.4. The van der Waals surface area contributed by atoms with Gasteiger partial charge in [-0.15, -0.1) is 0 Å². The zero-order valence-electron chi connectivity index (χ0n) is 17.6. The highest BCUT2D eigenvalue weighted by Crippen LogP contribution is 2.43. The van der Waals surface area contributed by atoms with Crippen LogP contribution in [-0.2, 0) is 15.7 Å². The highest BCUT2D eigenvalue weighted by molar-refractivity contribution is 7.87. The van der Waals surface area contributed by atoms with Gasteiger partial charge in [0.15, 0.2) is 0 Å². The SMILES string of the molecule is Cc1ccccc1C1=CC(c2ccccc2C)(N2CCCNC2=O)C=CC1S(=O)(=O)O. The van der Waals surface area contributed by atoms with Gasteiger partial charge in [-0.1, -0.05) is 60.7 Å². The van der Waals surface area contributed by atoms with Crippen LogP contribution in [0, 0.1) is 13.8 Å². The highest BCUT2D eigenvalue weighted by atomic mass is 32.2. The molecule has 1 saturated heterocycles. The number of carbonyl (C=O) groups is 1. The van der Waals surface area contributed by atoms with Crippen molar-refractivity contribution in [1.29, 1.82) is 0 Å². The van der Waals surface area contributed by atoms with Crippen LogP contribution < -0.4 is 5.32 Å². The minimum absolute atomic E-state index is 0.204. The maximum absolute atomic E-state index is 13.0. The van der Waals surface area contributed by atoms with Crippen molar-refractivity contribution in [2.24, 2.45) is 0 Å². The van der Waals surface area contributed by atoms with Gasteiger partial charge in [0.1, 0.15) is 10.8 Å². The second-order valence-corrected chi connectivity index (χ2v) is 9.62. The van der Waals surface area contributed by atoms with Crippen LogP contribution >= 0.6 is 0 Å². The van der Waals surface area contributed by atoms with Gasteiger partial charge in [-0.25, -0.2) is 4.79 Å². The van der Waals surface area contributed by atoms with E-state index in [1.807, 2.05) is 68.5 Å². The number of rotatable bonds is 4. The second kappa shape index (κ2) is 7.98. The van der Waals surface area contributed by atoms with Gasteiger partial charge in [-0.05, 0) is 54.2 Å². The molecule has 1 fully saturated rings. The molecule has 0 aromatic heterocycles. The first kappa shape index (κ1) is 21.3.